The van der Waals surface area contributed by atoms with Gasteiger partial charge in [-0.1, -0.05) is 11.6 Å². The lowest BCUT2D eigenvalue weighted by Gasteiger charge is -2.10. The average molecular weight is 376 g/mol. The van der Waals surface area contributed by atoms with E-state index in [4.69, 9.17) is 17.3 Å². The van der Waals surface area contributed by atoms with Crippen LogP contribution >= 0.6 is 11.6 Å². The van der Waals surface area contributed by atoms with Crippen molar-refractivity contribution in [3.05, 3.63) is 64.6 Å². The Morgan fingerprint density at radius 1 is 1.24 bits per heavy atom. The lowest BCUT2D eigenvalue weighted by molar-refractivity contribution is 0.0999. The molecule has 8 heteroatoms. The minimum atomic E-state index is -3.50. The maximum absolute atomic E-state index is 12.2. The standard InChI is InChI=1S/C17H14ClN3O3S/c1-25(23,24)15-6-10(4-11-7-13(18)9-21-16(11)15)5-12-8-20-3-2-14(12)17(19)22/h2-4,6-9H,5H2,1H3,(H2,19,22). The molecule has 2 aromatic heterocycles. The number of fused-ring (bicyclic) bond motifs is 1. The van der Waals surface area contributed by atoms with Crippen LogP contribution in [0.4, 0.5) is 0 Å². The van der Waals surface area contributed by atoms with Gasteiger partial charge in [0.05, 0.1) is 15.4 Å². The fourth-order valence-electron chi connectivity index (χ4n) is 2.66. The zero-order valence-corrected chi connectivity index (χ0v) is 14.8. The molecule has 0 spiro atoms. The summed E-state index contributed by atoms with van der Waals surface area (Å²) in [6, 6.07) is 6.53. The summed E-state index contributed by atoms with van der Waals surface area (Å²) in [5, 5.41) is 1.01. The summed E-state index contributed by atoms with van der Waals surface area (Å²) in [4.78, 5) is 19.8. The van der Waals surface area contributed by atoms with E-state index < -0.39 is 15.7 Å². The molecule has 2 heterocycles. The van der Waals surface area contributed by atoms with Crippen molar-refractivity contribution in [3.8, 4) is 0 Å². The fourth-order valence-corrected chi connectivity index (χ4v) is 3.72. The Morgan fingerprint density at radius 2 is 2.00 bits per heavy atom. The number of nitrogens with zero attached hydrogens (tertiary/aromatic N) is 2. The maximum atomic E-state index is 12.2. The average Bonchev–Trinajstić information content (AvgIpc) is 2.53. The normalized spacial score (nSPS) is 11.6. The Labute approximate surface area is 149 Å². The molecule has 0 fully saturated rings. The number of sulfone groups is 1. The Bertz CT molecular complexity index is 1100. The highest BCUT2D eigenvalue weighted by Crippen LogP contribution is 2.27. The third-order valence-electron chi connectivity index (χ3n) is 3.74. The highest BCUT2D eigenvalue weighted by Gasteiger charge is 2.16. The maximum Gasteiger partial charge on any atom is 0.249 e. The summed E-state index contributed by atoms with van der Waals surface area (Å²) >= 11 is 5.98. The summed E-state index contributed by atoms with van der Waals surface area (Å²) in [6.45, 7) is 0. The van der Waals surface area contributed by atoms with Gasteiger partial charge in [0.25, 0.3) is 0 Å². The first-order chi connectivity index (χ1) is 11.8. The molecule has 25 heavy (non-hydrogen) atoms. The molecule has 128 valence electrons. The van der Waals surface area contributed by atoms with Crippen molar-refractivity contribution in [1.29, 1.82) is 0 Å². The van der Waals surface area contributed by atoms with E-state index in [1.54, 1.807) is 24.4 Å². The van der Waals surface area contributed by atoms with Crippen molar-refractivity contribution in [2.75, 3.05) is 6.26 Å². The van der Waals surface area contributed by atoms with Crippen LogP contribution in [0, 0.1) is 0 Å². The zero-order valence-electron chi connectivity index (χ0n) is 13.2. The van der Waals surface area contributed by atoms with Crippen LogP contribution in [0.5, 0.6) is 0 Å². The lowest BCUT2D eigenvalue weighted by Crippen LogP contribution is -2.14. The van der Waals surface area contributed by atoms with Gasteiger partial charge >= 0.3 is 0 Å². The molecule has 0 bridgehead atoms. The Morgan fingerprint density at radius 3 is 2.68 bits per heavy atom. The Balaban J connectivity index is 2.20. The second-order valence-electron chi connectivity index (χ2n) is 5.67. The van der Waals surface area contributed by atoms with E-state index in [2.05, 4.69) is 9.97 Å². The monoisotopic (exact) mass is 375 g/mol. The molecule has 0 atom stereocenters. The van der Waals surface area contributed by atoms with Crippen LogP contribution in [-0.2, 0) is 16.3 Å². The molecular weight excluding hydrogens is 362 g/mol. The molecule has 1 amide bonds. The van der Waals surface area contributed by atoms with Crippen LogP contribution in [0.1, 0.15) is 21.5 Å². The van der Waals surface area contributed by atoms with E-state index in [1.807, 2.05) is 0 Å². The van der Waals surface area contributed by atoms with E-state index in [-0.39, 0.29) is 4.90 Å². The van der Waals surface area contributed by atoms with Crippen LogP contribution in [0.25, 0.3) is 10.9 Å². The number of hydrogen-bond acceptors (Lipinski definition) is 5. The number of primary amides is 1. The molecule has 0 radical (unpaired) electrons. The molecule has 3 rings (SSSR count). The summed E-state index contributed by atoms with van der Waals surface area (Å²) in [6.07, 6.45) is 5.86. The van der Waals surface area contributed by atoms with Crippen LogP contribution < -0.4 is 5.73 Å². The smallest absolute Gasteiger partial charge is 0.249 e. The number of carbonyl (C=O) groups is 1. The van der Waals surface area contributed by atoms with Crippen molar-refractivity contribution < 1.29 is 13.2 Å². The van der Waals surface area contributed by atoms with E-state index >= 15 is 0 Å². The number of benzene rings is 1. The highest BCUT2D eigenvalue weighted by atomic mass is 35.5. The minimum absolute atomic E-state index is 0.112. The molecule has 0 aliphatic heterocycles. The van der Waals surface area contributed by atoms with Gasteiger partial charge in [-0.05, 0) is 41.8 Å². The first kappa shape index (κ1) is 17.3. The first-order valence-corrected chi connectivity index (χ1v) is 9.53. The van der Waals surface area contributed by atoms with Gasteiger partial charge in [0.15, 0.2) is 9.84 Å². The van der Waals surface area contributed by atoms with Crippen LogP contribution in [0.3, 0.4) is 0 Å². The minimum Gasteiger partial charge on any atom is -0.366 e. The third-order valence-corrected chi connectivity index (χ3v) is 5.05. The number of amides is 1. The number of aromatic nitrogens is 2. The number of carbonyl (C=O) groups excluding carboxylic acids is 1. The number of nitrogens with two attached hydrogens (primary N) is 1. The van der Waals surface area contributed by atoms with Crippen molar-refractivity contribution in [3.63, 3.8) is 0 Å². The van der Waals surface area contributed by atoms with Crippen molar-refractivity contribution >= 4 is 38.2 Å². The first-order valence-electron chi connectivity index (χ1n) is 7.26. The molecule has 0 aliphatic rings. The van der Waals surface area contributed by atoms with Gasteiger partial charge in [-0.15, -0.1) is 0 Å². The Hall–Kier alpha value is -2.51. The molecule has 0 aliphatic carbocycles. The summed E-state index contributed by atoms with van der Waals surface area (Å²) < 4.78 is 24.3. The SMILES string of the molecule is CS(=O)(=O)c1cc(Cc2cnccc2C(N)=O)cc2cc(Cl)cnc12. The molecule has 3 aromatic rings. The fraction of sp³-hybridized carbons (Fsp3) is 0.118. The highest BCUT2D eigenvalue weighted by molar-refractivity contribution is 7.91. The topological polar surface area (TPSA) is 103 Å². The van der Waals surface area contributed by atoms with Gasteiger partial charge in [0.2, 0.25) is 5.91 Å². The van der Waals surface area contributed by atoms with Gasteiger partial charge in [0.1, 0.15) is 0 Å². The molecule has 2 N–H and O–H groups in total. The second kappa shape index (κ2) is 6.42. The molecular formula is C17H14ClN3O3S. The van der Waals surface area contributed by atoms with Gasteiger partial charge in [-0.3, -0.25) is 14.8 Å². The van der Waals surface area contributed by atoms with Gasteiger partial charge in [-0.2, -0.15) is 0 Å². The van der Waals surface area contributed by atoms with Crippen LogP contribution in [0.2, 0.25) is 5.02 Å². The van der Waals surface area contributed by atoms with Crippen LogP contribution in [0.15, 0.2) is 47.8 Å². The van der Waals surface area contributed by atoms with Crippen molar-refractivity contribution in [2.45, 2.75) is 11.3 Å². The van der Waals surface area contributed by atoms with Crippen molar-refractivity contribution in [1.82, 2.24) is 9.97 Å². The largest absolute Gasteiger partial charge is 0.366 e. The summed E-state index contributed by atoms with van der Waals surface area (Å²) in [5.41, 5.74) is 7.40. The number of halogens is 1. The van der Waals surface area contributed by atoms with Crippen molar-refractivity contribution in [2.24, 2.45) is 5.73 Å². The predicted molar refractivity (Wildman–Crippen MR) is 95.4 cm³/mol. The number of pyridine rings is 2. The number of rotatable bonds is 4. The second-order valence-corrected chi connectivity index (χ2v) is 8.09. The molecule has 0 saturated heterocycles. The van der Waals surface area contributed by atoms with E-state index in [1.165, 1.54) is 18.5 Å². The predicted octanol–water partition coefficient (Wildman–Crippen LogP) is 2.38. The van der Waals surface area contributed by atoms with Gasteiger partial charge in [-0.25, -0.2) is 8.42 Å². The Kier molecular flexibility index (Phi) is 4.45. The molecule has 6 nitrogen and oxygen atoms in total. The third kappa shape index (κ3) is 3.62. The quantitative estimate of drug-likeness (QED) is 0.754. The zero-order chi connectivity index (χ0) is 18.2. The van der Waals surface area contributed by atoms with Gasteiger partial charge in [0, 0.05) is 35.8 Å². The van der Waals surface area contributed by atoms with Crippen LogP contribution in [-0.4, -0.2) is 30.5 Å². The van der Waals surface area contributed by atoms with E-state index in [9.17, 15) is 13.2 Å². The molecule has 0 unspecified atom stereocenters. The number of hydrogen-bond donors (Lipinski definition) is 1. The van der Waals surface area contributed by atoms with Gasteiger partial charge < -0.3 is 5.73 Å². The van der Waals surface area contributed by atoms with E-state index in [0.29, 0.717) is 39.0 Å². The molecule has 1 aromatic carbocycles. The van der Waals surface area contributed by atoms with E-state index in [0.717, 1.165) is 6.26 Å². The summed E-state index contributed by atoms with van der Waals surface area (Å²) in [7, 11) is -3.50. The molecule has 0 saturated carbocycles. The lowest BCUT2D eigenvalue weighted by atomic mass is 10.00. The summed E-state index contributed by atoms with van der Waals surface area (Å²) in [5.74, 6) is -0.564.